The van der Waals surface area contributed by atoms with Crippen LogP contribution in [-0.4, -0.2) is 28.8 Å². The Morgan fingerprint density at radius 3 is 2.12 bits per heavy atom. The number of nitro groups is 2. The lowest BCUT2D eigenvalue weighted by Gasteiger charge is -2.08. The predicted octanol–water partition coefficient (Wildman–Crippen LogP) is 2.34. The molecule has 9 nitrogen and oxygen atoms in total. The monoisotopic (exact) mass is 330 g/mol. The summed E-state index contributed by atoms with van der Waals surface area (Å²) >= 11 is 0. The summed E-state index contributed by atoms with van der Waals surface area (Å²) < 4.78 is 0. The van der Waals surface area contributed by atoms with Gasteiger partial charge in [0.1, 0.15) is 11.3 Å². The summed E-state index contributed by atoms with van der Waals surface area (Å²) in [5.41, 5.74) is -0.0418. The predicted molar refractivity (Wildman–Crippen MR) is 87.0 cm³/mol. The van der Waals surface area contributed by atoms with Gasteiger partial charge in [-0.05, 0) is 12.1 Å². The lowest BCUT2D eigenvalue weighted by atomic mass is 10.1. The Hall–Kier alpha value is -3.49. The number of para-hydroxylation sites is 3. The summed E-state index contributed by atoms with van der Waals surface area (Å²) in [5, 5.41) is 27.2. The molecule has 0 spiro atoms. The summed E-state index contributed by atoms with van der Waals surface area (Å²) in [6, 6.07) is 11.8. The molecule has 0 unspecified atom stereocenters. The van der Waals surface area contributed by atoms with Gasteiger partial charge in [0.15, 0.2) is 0 Å². The number of hydrogen-bond acceptors (Lipinski definition) is 6. The Morgan fingerprint density at radius 2 is 1.46 bits per heavy atom. The maximum Gasteiger partial charge on any atom is 0.292 e. The average Bonchev–Trinajstić information content (AvgIpc) is 2.58. The summed E-state index contributed by atoms with van der Waals surface area (Å²) in [7, 11) is 0. The van der Waals surface area contributed by atoms with Crippen LogP contribution in [0.3, 0.4) is 0 Å². The zero-order valence-corrected chi connectivity index (χ0v) is 12.5. The molecule has 0 saturated heterocycles. The molecule has 0 aliphatic carbocycles. The highest BCUT2D eigenvalue weighted by molar-refractivity contribution is 5.98. The molecule has 9 heteroatoms. The lowest BCUT2D eigenvalue weighted by Crippen LogP contribution is -2.29. The summed E-state index contributed by atoms with van der Waals surface area (Å²) in [5.74, 6) is -0.577. The first-order valence-corrected chi connectivity index (χ1v) is 6.99. The van der Waals surface area contributed by atoms with Crippen LogP contribution in [0.1, 0.15) is 10.4 Å². The number of nitrogens with one attached hydrogen (secondary N) is 2. The number of nitrogens with zero attached hydrogens (tertiary/aromatic N) is 2. The van der Waals surface area contributed by atoms with E-state index in [0.717, 1.165) is 0 Å². The molecule has 0 bridgehead atoms. The largest absolute Gasteiger partial charge is 0.378 e. The van der Waals surface area contributed by atoms with Crippen LogP contribution in [0.4, 0.5) is 17.1 Å². The van der Waals surface area contributed by atoms with Crippen molar-refractivity contribution >= 4 is 23.0 Å². The van der Waals surface area contributed by atoms with Crippen LogP contribution < -0.4 is 10.6 Å². The van der Waals surface area contributed by atoms with Crippen molar-refractivity contribution in [1.82, 2.24) is 5.32 Å². The van der Waals surface area contributed by atoms with Gasteiger partial charge in [0.25, 0.3) is 17.3 Å². The van der Waals surface area contributed by atoms with Crippen molar-refractivity contribution in [3.63, 3.8) is 0 Å². The molecule has 2 aromatic carbocycles. The van der Waals surface area contributed by atoms with Gasteiger partial charge in [0, 0.05) is 25.2 Å². The van der Waals surface area contributed by atoms with Crippen LogP contribution in [-0.2, 0) is 0 Å². The molecule has 0 aliphatic rings. The molecule has 24 heavy (non-hydrogen) atoms. The summed E-state index contributed by atoms with van der Waals surface area (Å²) in [6.07, 6.45) is 0. The third-order valence-corrected chi connectivity index (χ3v) is 3.17. The van der Waals surface area contributed by atoms with Gasteiger partial charge >= 0.3 is 0 Å². The quantitative estimate of drug-likeness (QED) is 0.455. The van der Waals surface area contributed by atoms with E-state index >= 15 is 0 Å². The van der Waals surface area contributed by atoms with E-state index in [-0.39, 0.29) is 30.0 Å². The van der Waals surface area contributed by atoms with E-state index < -0.39 is 15.8 Å². The summed E-state index contributed by atoms with van der Waals surface area (Å²) in [6.45, 7) is 0.383. The second kappa shape index (κ2) is 7.68. The first kappa shape index (κ1) is 16.9. The molecular formula is C15H14N4O5. The van der Waals surface area contributed by atoms with Gasteiger partial charge in [0.2, 0.25) is 0 Å². The van der Waals surface area contributed by atoms with Crippen LogP contribution >= 0.6 is 0 Å². The molecule has 1 amide bonds. The normalized spacial score (nSPS) is 10.0. The van der Waals surface area contributed by atoms with Gasteiger partial charge in [-0.2, -0.15) is 0 Å². The Morgan fingerprint density at radius 1 is 0.875 bits per heavy atom. The zero-order valence-electron chi connectivity index (χ0n) is 12.5. The fourth-order valence-electron chi connectivity index (χ4n) is 2.08. The third-order valence-electron chi connectivity index (χ3n) is 3.17. The van der Waals surface area contributed by atoms with E-state index in [1.165, 1.54) is 30.3 Å². The molecule has 0 radical (unpaired) electrons. The molecule has 0 atom stereocenters. The standard InChI is InChI=1S/C15H14N4O5/c20-15(11-5-1-3-7-13(11)18(21)22)17-10-9-16-12-6-2-4-8-14(12)19(23)24/h1-8,16H,9-10H2,(H,17,20). The minimum absolute atomic E-state index is 0.0341. The van der Waals surface area contributed by atoms with E-state index in [1.807, 2.05) is 0 Å². The second-order valence-corrected chi connectivity index (χ2v) is 4.73. The molecule has 0 aromatic heterocycles. The number of carbonyl (C=O) groups is 1. The van der Waals surface area contributed by atoms with Gasteiger partial charge in [-0.3, -0.25) is 25.0 Å². The Kier molecular flexibility index (Phi) is 5.40. The topological polar surface area (TPSA) is 127 Å². The fraction of sp³-hybridized carbons (Fsp3) is 0.133. The average molecular weight is 330 g/mol. The van der Waals surface area contributed by atoms with Crippen molar-refractivity contribution in [1.29, 1.82) is 0 Å². The minimum atomic E-state index is -0.625. The number of nitro benzene ring substituents is 2. The molecule has 2 N–H and O–H groups in total. The number of hydrogen-bond donors (Lipinski definition) is 2. The van der Waals surface area contributed by atoms with Crippen molar-refractivity contribution in [2.24, 2.45) is 0 Å². The van der Waals surface area contributed by atoms with Crippen LogP contribution in [0.2, 0.25) is 0 Å². The van der Waals surface area contributed by atoms with Crippen LogP contribution in [0, 0.1) is 20.2 Å². The highest BCUT2D eigenvalue weighted by Gasteiger charge is 2.18. The molecular weight excluding hydrogens is 316 g/mol. The van der Waals surface area contributed by atoms with Crippen LogP contribution in [0.25, 0.3) is 0 Å². The third kappa shape index (κ3) is 4.03. The Labute approximate surface area is 136 Å². The van der Waals surface area contributed by atoms with Crippen LogP contribution in [0.15, 0.2) is 48.5 Å². The highest BCUT2D eigenvalue weighted by Crippen LogP contribution is 2.22. The van der Waals surface area contributed by atoms with E-state index in [2.05, 4.69) is 10.6 Å². The smallest absolute Gasteiger partial charge is 0.292 e. The first-order valence-electron chi connectivity index (χ1n) is 6.99. The summed E-state index contributed by atoms with van der Waals surface area (Å²) in [4.78, 5) is 32.6. The van der Waals surface area contributed by atoms with Crippen molar-refractivity contribution < 1.29 is 14.6 Å². The van der Waals surface area contributed by atoms with Crippen molar-refractivity contribution in [2.75, 3.05) is 18.4 Å². The van der Waals surface area contributed by atoms with E-state index in [1.54, 1.807) is 18.2 Å². The minimum Gasteiger partial charge on any atom is -0.378 e. The molecule has 2 aromatic rings. The second-order valence-electron chi connectivity index (χ2n) is 4.73. The van der Waals surface area contributed by atoms with E-state index in [9.17, 15) is 25.0 Å². The van der Waals surface area contributed by atoms with E-state index in [4.69, 9.17) is 0 Å². The van der Waals surface area contributed by atoms with Gasteiger partial charge < -0.3 is 10.6 Å². The molecule has 0 fully saturated rings. The Balaban J connectivity index is 1.93. The van der Waals surface area contributed by atoms with Gasteiger partial charge in [0.05, 0.1) is 9.85 Å². The van der Waals surface area contributed by atoms with Gasteiger partial charge in [-0.1, -0.05) is 24.3 Å². The van der Waals surface area contributed by atoms with Crippen molar-refractivity contribution in [3.05, 3.63) is 74.3 Å². The SMILES string of the molecule is O=C(NCCNc1ccccc1[N+](=O)[O-])c1ccccc1[N+](=O)[O-]. The van der Waals surface area contributed by atoms with Gasteiger partial charge in [-0.15, -0.1) is 0 Å². The maximum atomic E-state index is 12.0. The number of anilines is 1. The molecule has 0 saturated carbocycles. The van der Waals surface area contributed by atoms with Crippen molar-refractivity contribution in [3.8, 4) is 0 Å². The van der Waals surface area contributed by atoms with Crippen LogP contribution in [0.5, 0.6) is 0 Å². The molecule has 0 heterocycles. The highest BCUT2D eigenvalue weighted by atomic mass is 16.6. The lowest BCUT2D eigenvalue weighted by molar-refractivity contribution is -0.385. The number of carbonyl (C=O) groups excluding carboxylic acids is 1. The first-order chi connectivity index (χ1) is 11.5. The molecule has 0 aliphatic heterocycles. The zero-order chi connectivity index (χ0) is 17.5. The Bertz CT molecular complexity index is 778. The van der Waals surface area contributed by atoms with E-state index in [0.29, 0.717) is 5.69 Å². The molecule has 2 rings (SSSR count). The number of benzene rings is 2. The maximum absolute atomic E-state index is 12.0. The number of amides is 1. The molecule has 124 valence electrons. The van der Waals surface area contributed by atoms with Crippen molar-refractivity contribution in [2.45, 2.75) is 0 Å². The fourth-order valence-corrected chi connectivity index (χ4v) is 2.08. The number of rotatable bonds is 7. The van der Waals surface area contributed by atoms with Gasteiger partial charge in [-0.25, -0.2) is 0 Å².